The first-order valence-electron chi connectivity index (χ1n) is 18.7. The number of piperidine rings is 1. The van der Waals surface area contributed by atoms with E-state index in [1.54, 1.807) is 0 Å². The molecule has 1 unspecified atom stereocenters. The van der Waals surface area contributed by atoms with Crippen LogP contribution in [0.15, 0.2) is 24.3 Å². The van der Waals surface area contributed by atoms with E-state index < -0.39 is 17.7 Å². The fraction of sp³-hybridized carbons (Fsp3) is 0.537. The summed E-state index contributed by atoms with van der Waals surface area (Å²) in [4.78, 5) is 19.0. The van der Waals surface area contributed by atoms with E-state index in [0.717, 1.165) is 38.6 Å². The number of phenols is 1. The molecule has 0 radical (unpaired) electrons. The van der Waals surface area contributed by atoms with Crippen molar-refractivity contribution >= 4 is 27.5 Å². The van der Waals surface area contributed by atoms with Crippen molar-refractivity contribution in [1.82, 2.24) is 19.9 Å². The van der Waals surface area contributed by atoms with Gasteiger partial charge in [0.15, 0.2) is 5.82 Å². The van der Waals surface area contributed by atoms with E-state index >= 15 is 8.78 Å². The van der Waals surface area contributed by atoms with Gasteiger partial charge in [-0.3, -0.25) is 4.90 Å². The zero-order valence-electron chi connectivity index (χ0n) is 30.8. The summed E-state index contributed by atoms with van der Waals surface area (Å²) in [6, 6.07) is 6.08. The summed E-state index contributed by atoms with van der Waals surface area (Å²) in [7, 11) is 1.42. The molecule has 2 aliphatic heterocycles. The number of halogens is 2. The molecule has 4 heterocycles. The zero-order valence-corrected chi connectivity index (χ0v) is 30.8. The van der Waals surface area contributed by atoms with Gasteiger partial charge in [-0.2, -0.15) is 9.97 Å². The standard InChI is InChI=1S/C41H47F2N5O5/c1-6-28-30(42)12-9-24-17-26(50)18-29(31(24)28)34-33(43)35-32(37(44-34)51-5)36(47-19-27(20-49)52-22-39(2,3)21-47)46-38(45-35)53-23-41-14-7-13-40(41,4)48(16-8-15-41)25-10-11-25/h1,9,12,17-18,25,27,49-50H,7-8,10-11,13-16,19-23H2,2-5H3/t27-,40?,41-/m1/s1. The number of hydrogen-bond acceptors (Lipinski definition) is 10. The first-order chi connectivity index (χ1) is 25.4. The van der Waals surface area contributed by atoms with Crippen molar-refractivity contribution in [3.8, 4) is 41.2 Å². The van der Waals surface area contributed by atoms with Crippen LogP contribution in [0.3, 0.4) is 0 Å². The van der Waals surface area contributed by atoms with Crippen molar-refractivity contribution in [3.63, 3.8) is 0 Å². The van der Waals surface area contributed by atoms with Gasteiger partial charge in [0.1, 0.15) is 34.0 Å². The van der Waals surface area contributed by atoms with Crippen molar-refractivity contribution in [2.24, 2.45) is 10.8 Å². The third-order valence-corrected chi connectivity index (χ3v) is 12.2. The van der Waals surface area contributed by atoms with E-state index in [9.17, 15) is 10.2 Å². The number of phenolic OH excluding ortho intramolecular Hbond substituents is 1. The molecule has 4 aromatic rings. The summed E-state index contributed by atoms with van der Waals surface area (Å²) in [6.07, 6.45) is 13.0. The summed E-state index contributed by atoms with van der Waals surface area (Å²) in [6.45, 7) is 8.86. The molecule has 10 nitrogen and oxygen atoms in total. The van der Waals surface area contributed by atoms with Gasteiger partial charge < -0.3 is 29.3 Å². The molecule has 2 aromatic heterocycles. The van der Waals surface area contributed by atoms with Crippen LogP contribution in [0.2, 0.25) is 0 Å². The topological polar surface area (TPSA) is 113 Å². The maximum atomic E-state index is 17.4. The predicted octanol–water partition coefficient (Wildman–Crippen LogP) is 6.61. The minimum atomic E-state index is -0.834. The number of methoxy groups -OCH3 is 1. The molecule has 0 spiro atoms. The maximum Gasteiger partial charge on any atom is 0.319 e. The summed E-state index contributed by atoms with van der Waals surface area (Å²) in [5.41, 5.74) is -0.827. The second-order valence-electron chi connectivity index (χ2n) is 16.4. The maximum absolute atomic E-state index is 17.4. The second-order valence-corrected chi connectivity index (χ2v) is 16.4. The number of aliphatic hydroxyl groups excluding tert-OH is 1. The normalized spacial score (nSPS) is 26.0. The Bertz CT molecular complexity index is 2140. The van der Waals surface area contributed by atoms with E-state index in [0.29, 0.717) is 37.0 Å². The Hall–Kier alpha value is -4.31. The number of aromatic nitrogens is 3. The SMILES string of the molecule is C#Cc1c(F)ccc2cc(O)cc(-c3nc(OC)c4c(N5C[C@H](CO)OCC(C)(C)C5)nc(OC[C@@]56CCCN(C7CC7)C5(C)CCC6)nc4c3F)c12. The molecule has 2 saturated carbocycles. The lowest BCUT2D eigenvalue weighted by molar-refractivity contribution is -0.0705. The van der Waals surface area contributed by atoms with Crippen LogP contribution in [0.1, 0.15) is 71.3 Å². The molecular formula is C41H47F2N5O5. The molecule has 2 saturated heterocycles. The Morgan fingerprint density at radius 2 is 1.85 bits per heavy atom. The average Bonchev–Trinajstić information content (AvgIpc) is 3.94. The predicted molar refractivity (Wildman–Crippen MR) is 198 cm³/mol. The van der Waals surface area contributed by atoms with E-state index in [2.05, 4.69) is 36.6 Å². The number of pyridine rings is 1. The highest BCUT2D eigenvalue weighted by Gasteiger charge is 2.59. The number of fused-ring (bicyclic) bond motifs is 3. The van der Waals surface area contributed by atoms with Crippen molar-refractivity contribution in [1.29, 1.82) is 0 Å². The minimum absolute atomic E-state index is 0.0115. The third kappa shape index (κ3) is 6.01. The van der Waals surface area contributed by atoms with Crippen LogP contribution < -0.4 is 14.4 Å². The molecular weight excluding hydrogens is 680 g/mol. The van der Waals surface area contributed by atoms with Crippen LogP contribution in [0.5, 0.6) is 17.6 Å². The quantitative estimate of drug-likeness (QED) is 0.192. The highest BCUT2D eigenvalue weighted by atomic mass is 19.1. The highest BCUT2D eigenvalue weighted by molar-refractivity contribution is 6.04. The van der Waals surface area contributed by atoms with Gasteiger partial charge in [-0.1, -0.05) is 32.3 Å². The minimum Gasteiger partial charge on any atom is -0.508 e. The van der Waals surface area contributed by atoms with Gasteiger partial charge in [-0.25, -0.2) is 13.8 Å². The first kappa shape index (κ1) is 35.7. The molecule has 0 bridgehead atoms. The summed E-state index contributed by atoms with van der Waals surface area (Å²) < 4.78 is 51.1. The number of likely N-dealkylation sites (tertiary alicyclic amines) is 1. The number of benzene rings is 2. The van der Waals surface area contributed by atoms with Gasteiger partial charge in [0, 0.05) is 46.4 Å². The molecule has 2 N–H and O–H groups in total. The molecule has 4 fully saturated rings. The number of rotatable bonds is 8. The van der Waals surface area contributed by atoms with Gasteiger partial charge in [-0.15, -0.1) is 6.42 Å². The average molecular weight is 728 g/mol. The number of aromatic hydroxyl groups is 1. The Morgan fingerprint density at radius 1 is 1.06 bits per heavy atom. The number of hydrogen-bond donors (Lipinski definition) is 2. The Balaban J connectivity index is 1.32. The third-order valence-electron chi connectivity index (χ3n) is 12.2. The second kappa shape index (κ2) is 13.2. The van der Waals surface area contributed by atoms with Crippen LogP contribution in [0.25, 0.3) is 32.9 Å². The summed E-state index contributed by atoms with van der Waals surface area (Å²) in [5, 5.41) is 21.8. The number of terminal acetylenes is 1. The van der Waals surface area contributed by atoms with Gasteiger partial charge in [0.25, 0.3) is 0 Å². The highest BCUT2D eigenvalue weighted by Crippen LogP contribution is 2.57. The zero-order chi connectivity index (χ0) is 37.3. The molecule has 53 heavy (non-hydrogen) atoms. The van der Waals surface area contributed by atoms with Crippen LogP contribution in [0, 0.1) is 34.8 Å². The van der Waals surface area contributed by atoms with Crippen molar-refractivity contribution in [3.05, 3.63) is 41.5 Å². The summed E-state index contributed by atoms with van der Waals surface area (Å²) in [5.74, 6) is 1.08. The lowest BCUT2D eigenvalue weighted by Crippen LogP contribution is -2.61. The first-order valence-corrected chi connectivity index (χ1v) is 18.7. The van der Waals surface area contributed by atoms with Gasteiger partial charge in [0.2, 0.25) is 5.88 Å². The Kier molecular flexibility index (Phi) is 8.90. The summed E-state index contributed by atoms with van der Waals surface area (Å²) >= 11 is 0. The fourth-order valence-electron chi connectivity index (χ4n) is 9.47. The number of aliphatic hydroxyl groups is 1. The lowest BCUT2D eigenvalue weighted by Gasteiger charge is -2.54. The lowest BCUT2D eigenvalue weighted by atomic mass is 9.66. The molecule has 4 aliphatic rings. The number of anilines is 1. The molecule has 8 rings (SSSR count). The van der Waals surface area contributed by atoms with E-state index in [1.807, 2.05) is 4.90 Å². The number of ether oxygens (including phenoxy) is 3. The van der Waals surface area contributed by atoms with Crippen molar-refractivity contribution < 1.29 is 33.2 Å². The van der Waals surface area contributed by atoms with Crippen LogP contribution in [-0.4, -0.2) is 94.3 Å². The Labute approximate surface area is 308 Å². The van der Waals surface area contributed by atoms with Crippen LogP contribution in [0.4, 0.5) is 14.6 Å². The van der Waals surface area contributed by atoms with Crippen molar-refractivity contribution in [2.45, 2.75) is 83.4 Å². The van der Waals surface area contributed by atoms with Crippen LogP contribution >= 0.6 is 0 Å². The molecule has 2 aliphatic carbocycles. The molecule has 3 atom stereocenters. The Morgan fingerprint density at radius 3 is 2.58 bits per heavy atom. The van der Waals surface area contributed by atoms with E-state index in [1.165, 1.54) is 44.2 Å². The fourth-order valence-corrected chi connectivity index (χ4v) is 9.47. The smallest absolute Gasteiger partial charge is 0.319 e. The molecule has 0 amide bonds. The number of nitrogens with zero attached hydrogens (tertiary/aromatic N) is 5. The molecule has 2 aromatic carbocycles. The monoisotopic (exact) mass is 727 g/mol. The molecule has 280 valence electrons. The largest absolute Gasteiger partial charge is 0.508 e. The van der Waals surface area contributed by atoms with Gasteiger partial charge >= 0.3 is 6.01 Å². The van der Waals surface area contributed by atoms with Crippen LogP contribution in [-0.2, 0) is 4.74 Å². The van der Waals surface area contributed by atoms with E-state index in [4.69, 9.17) is 30.6 Å². The van der Waals surface area contributed by atoms with Gasteiger partial charge in [-0.05, 0) is 75.6 Å². The van der Waals surface area contributed by atoms with Crippen molar-refractivity contribution in [2.75, 3.05) is 51.5 Å². The van der Waals surface area contributed by atoms with E-state index in [-0.39, 0.29) is 80.3 Å². The van der Waals surface area contributed by atoms with Gasteiger partial charge in [0.05, 0.1) is 38.6 Å². The molecule has 12 heteroatoms.